The molecule has 1 N–H and O–H groups in total. The number of ether oxygens (including phenoxy) is 1. The second-order valence-electron chi connectivity index (χ2n) is 6.61. The van der Waals surface area contributed by atoms with Gasteiger partial charge in [0.05, 0.1) is 37.1 Å². The molecule has 2 aliphatic heterocycles. The van der Waals surface area contributed by atoms with Crippen molar-refractivity contribution in [3.8, 4) is 6.07 Å². The summed E-state index contributed by atoms with van der Waals surface area (Å²) in [5.41, 5.74) is 0.910. The van der Waals surface area contributed by atoms with E-state index in [-0.39, 0.29) is 19.0 Å². The highest BCUT2D eigenvalue weighted by atomic mass is 19.1. The number of hydrogen-bond donors (Lipinski definition) is 1. The fourth-order valence-electron chi connectivity index (χ4n) is 3.26. The molecule has 0 spiro atoms. The molecule has 2 amide bonds. The van der Waals surface area contributed by atoms with Crippen LogP contribution in [0.3, 0.4) is 0 Å². The SMILES string of the molecule is CC(=O)NCC1CN(c2ccc(N3CCN(CC#N)CC3)c(F)c2)C(=O)O1. The normalized spacial score (nSPS) is 20.3. The van der Waals surface area contributed by atoms with Gasteiger partial charge >= 0.3 is 6.09 Å². The van der Waals surface area contributed by atoms with Crippen LogP contribution in [-0.2, 0) is 9.53 Å². The van der Waals surface area contributed by atoms with E-state index in [9.17, 15) is 14.0 Å². The maximum Gasteiger partial charge on any atom is 0.414 e. The molecule has 3 rings (SSSR count). The zero-order chi connectivity index (χ0) is 19.4. The monoisotopic (exact) mass is 375 g/mol. The number of nitrogens with one attached hydrogen (secondary N) is 1. The van der Waals surface area contributed by atoms with E-state index in [0.29, 0.717) is 44.1 Å². The first-order valence-electron chi connectivity index (χ1n) is 8.84. The predicted molar refractivity (Wildman–Crippen MR) is 97.0 cm³/mol. The number of nitrogens with zero attached hydrogens (tertiary/aromatic N) is 4. The summed E-state index contributed by atoms with van der Waals surface area (Å²) in [5.74, 6) is -0.603. The molecule has 1 aromatic rings. The lowest BCUT2D eigenvalue weighted by Gasteiger charge is -2.35. The van der Waals surface area contributed by atoms with E-state index < -0.39 is 18.0 Å². The first-order valence-corrected chi connectivity index (χ1v) is 8.84. The average Bonchev–Trinajstić information content (AvgIpc) is 3.02. The van der Waals surface area contributed by atoms with E-state index in [1.807, 2.05) is 9.80 Å². The summed E-state index contributed by atoms with van der Waals surface area (Å²) in [6.07, 6.45) is -1.01. The molecule has 8 nitrogen and oxygen atoms in total. The van der Waals surface area contributed by atoms with E-state index in [4.69, 9.17) is 10.00 Å². The van der Waals surface area contributed by atoms with Crippen molar-refractivity contribution in [2.24, 2.45) is 0 Å². The third-order valence-corrected chi connectivity index (χ3v) is 4.70. The van der Waals surface area contributed by atoms with Gasteiger partial charge in [0, 0.05) is 33.1 Å². The summed E-state index contributed by atoms with van der Waals surface area (Å²) in [4.78, 5) is 28.4. The molecular weight excluding hydrogens is 353 g/mol. The number of amides is 2. The van der Waals surface area contributed by atoms with Gasteiger partial charge in [-0.1, -0.05) is 0 Å². The van der Waals surface area contributed by atoms with Crippen LogP contribution in [0.1, 0.15) is 6.92 Å². The van der Waals surface area contributed by atoms with Crippen molar-refractivity contribution in [3.05, 3.63) is 24.0 Å². The minimum Gasteiger partial charge on any atom is -0.442 e. The molecule has 0 aromatic heterocycles. The summed E-state index contributed by atoms with van der Waals surface area (Å²) in [5, 5.41) is 11.4. The zero-order valence-electron chi connectivity index (χ0n) is 15.2. The van der Waals surface area contributed by atoms with Gasteiger partial charge in [-0.2, -0.15) is 5.26 Å². The Bertz CT molecular complexity index is 758. The lowest BCUT2D eigenvalue weighted by atomic mass is 10.2. The summed E-state index contributed by atoms with van der Waals surface area (Å²) < 4.78 is 19.9. The number of halogens is 1. The van der Waals surface area contributed by atoms with Crippen molar-refractivity contribution in [1.29, 1.82) is 5.26 Å². The Kier molecular flexibility index (Phi) is 5.76. The molecule has 2 heterocycles. The molecule has 2 aliphatic rings. The van der Waals surface area contributed by atoms with Crippen LogP contribution < -0.4 is 15.1 Å². The van der Waals surface area contributed by atoms with Gasteiger partial charge in [0.2, 0.25) is 5.91 Å². The molecule has 0 aliphatic carbocycles. The highest BCUT2D eigenvalue weighted by Crippen LogP contribution is 2.28. The van der Waals surface area contributed by atoms with Crippen LogP contribution in [0.5, 0.6) is 0 Å². The minimum atomic E-state index is -0.553. The Morgan fingerprint density at radius 3 is 2.74 bits per heavy atom. The zero-order valence-corrected chi connectivity index (χ0v) is 15.2. The molecule has 0 saturated carbocycles. The lowest BCUT2D eigenvalue weighted by Crippen LogP contribution is -2.46. The van der Waals surface area contributed by atoms with Gasteiger partial charge in [-0.3, -0.25) is 14.6 Å². The molecule has 9 heteroatoms. The molecule has 2 fully saturated rings. The van der Waals surface area contributed by atoms with E-state index in [1.165, 1.54) is 17.9 Å². The van der Waals surface area contributed by atoms with Crippen LogP contribution in [0, 0.1) is 17.1 Å². The van der Waals surface area contributed by atoms with Gasteiger partial charge in [0.15, 0.2) is 0 Å². The first-order chi connectivity index (χ1) is 13.0. The summed E-state index contributed by atoms with van der Waals surface area (Å²) in [7, 11) is 0. The van der Waals surface area contributed by atoms with Gasteiger partial charge in [0.25, 0.3) is 0 Å². The second-order valence-corrected chi connectivity index (χ2v) is 6.61. The molecule has 1 aromatic carbocycles. The number of carbonyl (C=O) groups is 2. The number of hydrogen-bond acceptors (Lipinski definition) is 6. The number of anilines is 2. The smallest absolute Gasteiger partial charge is 0.414 e. The number of carbonyl (C=O) groups excluding carboxylic acids is 2. The third-order valence-electron chi connectivity index (χ3n) is 4.70. The van der Waals surface area contributed by atoms with Crippen molar-refractivity contribution >= 4 is 23.4 Å². The molecule has 0 bridgehead atoms. The highest BCUT2D eigenvalue weighted by Gasteiger charge is 2.33. The number of nitriles is 1. The van der Waals surface area contributed by atoms with E-state index in [2.05, 4.69) is 11.4 Å². The van der Waals surface area contributed by atoms with E-state index >= 15 is 0 Å². The van der Waals surface area contributed by atoms with Crippen LogP contribution in [0.2, 0.25) is 0 Å². The number of benzene rings is 1. The maximum absolute atomic E-state index is 14.7. The minimum absolute atomic E-state index is 0.199. The van der Waals surface area contributed by atoms with Crippen molar-refractivity contribution in [1.82, 2.24) is 10.2 Å². The fourth-order valence-corrected chi connectivity index (χ4v) is 3.26. The van der Waals surface area contributed by atoms with Crippen LogP contribution in [0.4, 0.5) is 20.6 Å². The van der Waals surface area contributed by atoms with Gasteiger partial charge in [0.1, 0.15) is 11.9 Å². The van der Waals surface area contributed by atoms with Crippen molar-refractivity contribution < 1.29 is 18.7 Å². The lowest BCUT2D eigenvalue weighted by molar-refractivity contribution is -0.119. The van der Waals surface area contributed by atoms with Crippen LogP contribution >= 0.6 is 0 Å². The van der Waals surface area contributed by atoms with Crippen LogP contribution in [-0.4, -0.2) is 68.8 Å². The Morgan fingerprint density at radius 2 is 2.11 bits per heavy atom. The Hall–Kier alpha value is -2.86. The Morgan fingerprint density at radius 1 is 1.37 bits per heavy atom. The molecule has 27 heavy (non-hydrogen) atoms. The molecule has 144 valence electrons. The number of rotatable bonds is 5. The average molecular weight is 375 g/mol. The van der Waals surface area contributed by atoms with Crippen molar-refractivity contribution in [2.75, 3.05) is 55.6 Å². The Labute approximate surface area is 157 Å². The summed E-state index contributed by atoms with van der Waals surface area (Å²) in [6.45, 7) is 4.95. The molecule has 2 saturated heterocycles. The standard InChI is InChI=1S/C18H22FN5O3/c1-13(25)21-11-15-12-24(18(26)27-15)14-2-3-17(16(19)10-14)23-8-6-22(5-4-20)7-9-23/h2-3,10,15H,5-9,11-12H2,1H3,(H,21,25). The molecule has 0 radical (unpaired) electrons. The topological polar surface area (TPSA) is 88.9 Å². The summed E-state index contributed by atoms with van der Waals surface area (Å²) >= 11 is 0. The first kappa shape index (κ1) is 18.9. The van der Waals surface area contributed by atoms with Gasteiger partial charge in [-0.25, -0.2) is 9.18 Å². The van der Waals surface area contributed by atoms with E-state index in [0.717, 1.165) is 0 Å². The molecule has 1 atom stereocenters. The third kappa shape index (κ3) is 4.46. The van der Waals surface area contributed by atoms with Gasteiger partial charge in [-0.15, -0.1) is 0 Å². The summed E-state index contributed by atoms with van der Waals surface area (Å²) in [6, 6.07) is 6.82. The second kappa shape index (κ2) is 8.22. The predicted octanol–water partition coefficient (Wildman–Crippen LogP) is 0.933. The highest BCUT2D eigenvalue weighted by molar-refractivity contribution is 5.90. The maximum atomic E-state index is 14.7. The largest absolute Gasteiger partial charge is 0.442 e. The van der Waals surface area contributed by atoms with Crippen LogP contribution in [0.15, 0.2) is 18.2 Å². The van der Waals surface area contributed by atoms with Crippen LogP contribution in [0.25, 0.3) is 0 Å². The molecular formula is C18H22FN5O3. The van der Waals surface area contributed by atoms with Gasteiger partial charge in [-0.05, 0) is 18.2 Å². The van der Waals surface area contributed by atoms with Gasteiger partial charge < -0.3 is 15.0 Å². The Balaban J connectivity index is 1.64. The van der Waals surface area contributed by atoms with Crippen molar-refractivity contribution in [2.45, 2.75) is 13.0 Å². The fraction of sp³-hybridized carbons (Fsp3) is 0.500. The number of piperazine rings is 1. The number of cyclic esters (lactones) is 1. The quantitative estimate of drug-likeness (QED) is 0.771. The van der Waals surface area contributed by atoms with E-state index in [1.54, 1.807) is 12.1 Å². The molecule has 1 unspecified atom stereocenters. The van der Waals surface area contributed by atoms with Crippen molar-refractivity contribution in [3.63, 3.8) is 0 Å².